The molecule has 0 amide bonds. The third-order valence-electron chi connectivity index (χ3n) is 9.84. The van der Waals surface area contributed by atoms with Crippen molar-refractivity contribution >= 4 is 65.0 Å². The van der Waals surface area contributed by atoms with Gasteiger partial charge in [0.05, 0.1) is 0 Å². The van der Waals surface area contributed by atoms with E-state index in [2.05, 4.69) is 170 Å². The third kappa shape index (κ3) is 3.90. The zero-order valence-electron chi connectivity index (χ0n) is 25.6. The first kappa shape index (κ1) is 26.1. The Labute approximate surface area is 271 Å². The van der Waals surface area contributed by atoms with Crippen molar-refractivity contribution in [2.24, 2.45) is 0 Å². The van der Waals surface area contributed by atoms with Crippen LogP contribution in [0.25, 0.3) is 98.4 Å². The molecule has 218 valence electrons. The van der Waals surface area contributed by atoms with Crippen molar-refractivity contribution in [2.45, 2.75) is 0 Å². The van der Waals surface area contributed by atoms with Crippen LogP contribution in [0.2, 0.25) is 0 Å². The van der Waals surface area contributed by atoms with Crippen molar-refractivity contribution in [3.05, 3.63) is 170 Å². The van der Waals surface area contributed by atoms with Gasteiger partial charge in [-0.3, -0.25) is 0 Å². The molecule has 0 aliphatic carbocycles. The maximum absolute atomic E-state index is 6.63. The van der Waals surface area contributed by atoms with Crippen molar-refractivity contribution in [2.75, 3.05) is 0 Å². The number of rotatable bonds is 3. The molecule has 0 atom stereocenters. The van der Waals surface area contributed by atoms with Crippen molar-refractivity contribution < 1.29 is 4.42 Å². The smallest absolute Gasteiger partial charge is 0.143 e. The third-order valence-corrected chi connectivity index (χ3v) is 9.84. The molecule has 0 saturated carbocycles. The van der Waals surface area contributed by atoms with Gasteiger partial charge in [-0.25, -0.2) is 0 Å². The molecular formula is C46H28O. The van der Waals surface area contributed by atoms with E-state index in [0.717, 1.165) is 27.3 Å². The Balaban J connectivity index is 1.30. The summed E-state index contributed by atoms with van der Waals surface area (Å²) in [5.74, 6) is 0. The van der Waals surface area contributed by atoms with Crippen LogP contribution in [0.1, 0.15) is 0 Å². The molecule has 0 fully saturated rings. The number of fused-ring (bicyclic) bond motifs is 8. The summed E-state index contributed by atoms with van der Waals surface area (Å²) < 4.78 is 6.63. The Morgan fingerprint density at radius 3 is 1.66 bits per heavy atom. The zero-order valence-corrected chi connectivity index (χ0v) is 25.6. The Hall–Kier alpha value is -6.18. The van der Waals surface area contributed by atoms with Crippen LogP contribution in [0, 0.1) is 0 Å². The van der Waals surface area contributed by atoms with Crippen LogP contribution in [0.4, 0.5) is 0 Å². The number of benzene rings is 9. The summed E-state index contributed by atoms with van der Waals surface area (Å²) in [5, 5.41) is 12.1. The summed E-state index contributed by atoms with van der Waals surface area (Å²) in [4.78, 5) is 0. The van der Waals surface area contributed by atoms with Crippen molar-refractivity contribution in [1.29, 1.82) is 0 Å². The van der Waals surface area contributed by atoms with Crippen molar-refractivity contribution in [1.82, 2.24) is 0 Å². The molecule has 0 unspecified atom stereocenters. The van der Waals surface area contributed by atoms with Crippen molar-refractivity contribution in [3.8, 4) is 33.4 Å². The van der Waals surface area contributed by atoms with E-state index in [9.17, 15) is 0 Å². The van der Waals surface area contributed by atoms with Gasteiger partial charge >= 0.3 is 0 Å². The molecule has 0 N–H and O–H groups in total. The van der Waals surface area contributed by atoms with E-state index in [1.807, 2.05) is 0 Å². The topological polar surface area (TPSA) is 13.1 Å². The van der Waals surface area contributed by atoms with Gasteiger partial charge in [-0.05, 0) is 89.3 Å². The fraction of sp³-hybridized carbons (Fsp3) is 0. The van der Waals surface area contributed by atoms with E-state index in [1.54, 1.807) is 0 Å². The van der Waals surface area contributed by atoms with Gasteiger partial charge in [0, 0.05) is 16.2 Å². The summed E-state index contributed by atoms with van der Waals surface area (Å²) in [6.45, 7) is 0. The molecule has 0 spiro atoms. The molecule has 0 aliphatic heterocycles. The van der Waals surface area contributed by atoms with Gasteiger partial charge in [-0.15, -0.1) is 0 Å². The molecular weight excluding hydrogens is 569 g/mol. The van der Waals surface area contributed by atoms with E-state index in [4.69, 9.17) is 4.42 Å². The molecule has 1 nitrogen and oxygen atoms in total. The molecule has 1 aromatic heterocycles. The minimum absolute atomic E-state index is 0.911. The lowest BCUT2D eigenvalue weighted by Gasteiger charge is -2.19. The molecule has 47 heavy (non-hydrogen) atoms. The van der Waals surface area contributed by atoms with E-state index in [-0.39, 0.29) is 0 Å². The lowest BCUT2D eigenvalue weighted by molar-refractivity contribution is 0.673. The van der Waals surface area contributed by atoms with E-state index >= 15 is 0 Å². The van der Waals surface area contributed by atoms with Gasteiger partial charge < -0.3 is 4.42 Å². The SMILES string of the molecule is c1ccc(-c2cccc3ccc(-c4c5ccccc5c(-c5cccc6oc7c8ccccc8ccc7c56)c5ccccc45)cc23)cc1. The molecule has 0 radical (unpaired) electrons. The van der Waals surface area contributed by atoms with Crippen LogP contribution in [-0.4, -0.2) is 0 Å². The first-order chi connectivity index (χ1) is 23.3. The standard InChI is InChI=1S/C46H28O/c1-2-12-29(13-3-1)33-21-10-15-31-24-25-32(28-41(31)33)43-35-17-6-8-19-37(35)44(38-20-9-7-18-36(38)43)39-22-11-23-42-45(39)40-27-26-30-14-4-5-16-34(30)46(40)47-42/h1-28H. The van der Waals surface area contributed by atoms with Gasteiger partial charge in [0.15, 0.2) is 0 Å². The average Bonchev–Trinajstić information content (AvgIpc) is 3.53. The molecule has 0 aliphatic rings. The van der Waals surface area contributed by atoms with E-state index in [0.29, 0.717) is 0 Å². The van der Waals surface area contributed by atoms with Crippen LogP contribution in [0.5, 0.6) is 0 Å². The summed E-state index contributed by atoms with van der Waals surface area (Å²) in [6.07, 6.45) is 0. The molecule has 9 aromatic carbocycles. The maximum Gasteiger partial charge on any atom is 0.143 e. The van der Waals surface area contributed by atoms with E-state index < -0.39 is 0 Å². The molecule has 0 saturated heterocycles. The highest BCUT2D eigenvalue weighted by Gasteiger charge is 2.21. The normalized spacial score (nSPS) is 11.8. The average molecular weight is 597 g/mol. The van der Waals surface area contributed by atoms with Crippen LogP contribution in [0.15, 0.2) is 174 Å². The first-order valence-corrected chi connectivity index (χ1v) is 16.2. The highest BCUT2D eigenvalue weighted by molar-refractivity contribution is 6.27. The maximum atomic E-state index is 6.63. The van der Waals surface area contributed by atoms with Crippen LogP contribution >= 0.6 is 0 Å². The second-order valence-corrected chi connectivity index (χ2v) is 12.4. The monoisotopic (exact) mass is 596 g/mol. The molecule has 10 rings (SSSR count). The zero-order chi connectivity index (χ0) is 30.9. The number of furan rings is 1. The molecule has 1 heteroatoms. The van der Waals surface area contributed by atoms with Crippen LogP contribution in [0.3, 0.4) is 0 Å². The van der Waals surface area contributed by atoms with E-state index in [1.165, 1.54) is 71.1 Å². The summed E-state index contributed by atoms with van der Waals surface area (Å²) in [6, 6.07) is 61.5. The van der Waals surface area contributed by atoms with Gasteiger partial charge in [-0.1, -0.05) is 152 Å². The first-order valence-electron chi connectivity index (χ1n) is 16.2. The quantitative estimate of drug-likeness (QED) is 0.185. The summed E-state index contributed by atoms with van der Waals surface area (Å²) >= 11 is 0. The second-order valence-electron chi connectivity index (χ2n) is 12.4. The highest BCUT2D eigenvalue weighted by atomic mass is 16.3. The second kappa shape index (κ2) is 10.2. The van der Waals surface area contributed by atoms with Crippen LogP contribution in [-0.2, 0) is 0 Å². The number of hydrogen-bond acceptors (Lipinski definition) is 1. The predicted molar refractivity (Wildman–Crippen MR) is 200 cm³/mol. The molecule has 1 heterocycles. The summed E-state index contributed by atoms with van der Waals surface area (Å²) in [5.41, 5.74) is 9.26. The fourth-order valence-corrected chi connectivity index (χ4v) is 7.79. The van der Waals surface area contributed by atoms with Crippen LogP contribution < -0.4 is 0 Å². The Morgan fingerprint density at radius 1 is 0.319 bits per heavy atom. The molecule has 0 bridgehead atoms. The lowest BCUT2D eigenvalue weighted by atomic mass is 9.84. The lowest BCUT2D eigenvalue weighted by Crippen LogP contribution is -1.91. The Kier molecular flexibility index (Phi) is 5.64. The molecule has 10 aromatic rings. The fourth-order valence-electron chi connectivity index (χ4n) is 7.79. The predicted octanol–water partition coefficient (Wildman–Crippen LogP) is 13.2. The number of hydrogen-bond donors (Lipinski definition) is 0. The minimum Gasteiger partial charge on any atom is -0.455 e. The van der Waals surface area contributed by atoms with Gasteiger partial charge in [0.2, 0.25) is 0 Å². The van der Waals surface area contributed by atoms with Gasteiger partial charge in [0.1, 0.15) is 11.2 Å². The van der Waals surface area contributed by atoms with Crippen molar-refractivity contribution in [3.63, 3.8) is 0 Å². The van der Waals surface area contributed by atoms with Gasteiger partial charge in [-0.2, -0.15) is 0 Å². The largest absolute Gasteiger partial charge is 0.455 e. The Morgan fingerprint density at radius 2 is 0.894 bits per heavy atom. The van der Waals surface area contributed by atoms with Gasteiger partial charge in [0.25, 0.3) is 0 Å². The minimum atomic E-state index is 0.911. The summed E-state index contributed by atoms with van der Waals surface area (Å²) in [7, 11) is 0. The highest BCUT2D eigenvalue weighted by Crippen LogP contribution is 2.48. The Bertz CT molecular complexity index is 2780.